The second-order valence-electron chi connectivity index (χ2n) is 3.65. The van der Waals surface area contributed by atoms with Crippen LogP contribution in [0.25, 0.3) is 11.2 Å². The summed E-state index contributed by atoms with van der Waals surface area (Å²) in [5, 5.41) is 0.523. The summed E-state index contributed by atoms with van der Waals surface area (Å²) in [6.07, 6.45) is 2.30. The first-order valence-corrected chi connectivity index (χ1v) is 5.92. The molecule has 1 N–H and O–H groups in total. The van der Waals surface area contributed by atoms with Gasteiger partial charge >= 0.3 is 5.69 Å². The number of pyridine rings is 1. The number of ether oxygens (including phenoxy) is 1. The molecule has 0 aliphatic carbocycles. The Bertz CT molecular complexity index is 561. The maximum absolute atomic E-state index is 11.7. The van der Waals surface area contributed by atoms with E-state index in [1.165, 1.54) is 6.20 Å². The molecule has 0 aromatic carbocycles. The van der Waals surface area contributed by atoms with Crippen LogP contribution in [-0.4, -0.2) is 27.7 Å². The third kappa shape index (κ3) is 2.68. The number of imidazole rings is 1. The second kappa shape index (κ2) is 5.33. The third-order valence-corrected chi connectivity index (χ3v) is 2.68. The molecule has 2 heterocycles. The van der Waals surface area contributed by atoms with Gasteiger partial charge in [0.15, 0.2) is 5.65 Å². The number of aryl methyl sites for hydroxylation is 1. The number of hydrogen-bond acceptors (Lipinski definition) is 3. The minimum absolute atomic E-state index is 0.161. The third-order valence-electron chi connectivity index (χ3n) is 2.47. The van der Waals surface area contributed by atoms with Crippen LogP contribution in [0.15, 0.2) is 17.1 Å². The van der Waals surface area contributed by atoms with E-state index in [1.807, 2.05) is 6.92 Å². The van der Waals surface area contributed by atoms with Crippen molar-refractivity contribution in [1.82, 2.24) is 14.5 Å². The summed E-state index contributed by atoms with van der Waals surface area (Å²) in [6, 6.07) is 1.74. The SMILES string of the molecule is CCOCCCn1c(=O)[nH]c2ncc(Cl)cc21. The zero-order valence-electron chi connectivity index (χ0n) is 9.57. The number of nitrogens with one attached hydrogen (secondary N) is 1. The Morgan fingerprint density at radius 1 is 1.59 bits per heavy atom. The van der Waals surface area contributed by atoms with Crippen LogP contribution in [0.1, 0.15) is 13.3 Å². The van der Waals surface area contributed by atoms with Crippen LogP contribution < -0.4 is 5.69 Å². The van der Waals surface area contributed by atoms with E-state index in [0.717, 1.165) is 11.9 Å². The van der Waals surface area contributed by atoms with E-state index in [4.69, 9.17) is 16.3 Å². The maximum atomic E-state index is 11.7. The predicted octanol–water partition coefficient (Wildman–Crippen LogP) is 1.80. The number of nitrogens with zero attached hydrogens (tertiary/aromatic N) is 2. The molecule has 0 unspecified atom stereocenters. The molecule has 17 heavy (non-hydrogen) atoms. The summed E-state index contributed by atoms with van der Waals surface area (Å²) in [7, 11) is 0. The fourth-order valence-corrected chi connectivity index (χ4v) is 1.85. The quantitative estimate of drug-likeness (QED) is 0.829. The second-order valence-corrected chi connectivity index (χ2v) is 4.09. The first-order valence-electron chi connectivity index (χ1n) is 5.54. The molecular weight excluding hydrogens is 242 g/mol. The first-order chi connectivity index (χ1) is 8.22. The van der Waals surface area contributed by atoms with Gasteiger partial charge in [0, 0.05) is 26.0 Å². The number of aromatic nitrogens is 3. The minimum Gasteiger partial charge on any atom is -0.382 e. The monoisotopic (exact) mass is 255 g/mol. The van der Waals surface area contributed by atoms with Crippen LogP contribution in [0.2, 0.25) is 5.02 Å². The summed E-state index contributed by atoms with van der Waals surface area (Å²) in [5.41, 5.74) is 1.14. The zero-order chi connectivity index (χ0) is 12.3. The highest BCUT2D eigenvalue weighted by atomic mass is 35.5. The Morgan fingerprint density at radius 2 is 2.41 bits per heavy atom. The molecule has 0 saturated carbocycles. The highest BCUT2D eigenvalue weighted by Crippen LogP contribution is 2.14. The van der Waals surface area contributed by atoms with Crippen molar-refractivity contribution in [3.05, 3.63) is 27.8 Å². The maximum Gasteiger partial charge on any atom is 0.327 e. The van der Waals surface area contributed by atoms with E-state index in [9.17, 15) is 4.79 Å². The van der Waals surface area contributed by atoms with Crippen molar-refractivity contribution < 1.29 is 4.74 Å². The highest BCUT2D eigenvalue weighted by molar-refractivity contribution is 6.31. The minimum atomic E-state index is -0.161. The number of rotatable bonds is 5. The molecule has 92 valence electrons. The largest absolute Gasteiger partial charge is 0.382 e. The van der Waals surface area contributed by atoms with Crippen molar-refractivity contribution in [2.45, 2.75) is 19.9 Å². The molecule has 2 rings (SSSR count). The van der Waals surface area contributed by atoms with Gasteiger partial charge < -0.3 is 4.74 Å². The molecule has 0 bridgehead atoms. The fraction of sp³-hybridized carbons (Fsp3) is 0.455. The molecular formula is C11H14ClN3O2. The average Bonchev–Trinajstić information content (AvgIpc) is 2.61. The van der Waals surface area contributed by atoms with Gasteiger partial charge in [-0.3, -0.25) is 9.55 Å². The summed E-state index contributed by atoms with van der Waals surface area (Å²) < 4.78 is 6.87. The molecule has 2 aromatic rings. The van der Waals surface area contributed by atoms with Gasteiger partial charge in [0.1, 0.15) is 0 Å². The Kier molecular flexibility index (Phi) is 3.81. The molecule has 0 amide bonds. The zero-order valence-corrected chi connectivity index (χ0v) is 10.3. The van der Waals surface area contributed by atoms with Crippen molar-refractivity contribution in [2.24, 2.45) is 0 Å². The van der Waals surface area contributed by atoms with Crippen LogP contribution in [0.3, 0.4) is 0 Å². The Morgan fingerprint density at radius 3 is 3.18 bits per heavy atom. The molecule has 0 fully saturated rings. The lowest BCUT2D eigenvalue weighted by atomic mass is 10.4. The van der Waals surface area contributed by atoms with Gasteiger partial charge in [-0.15, -0.1) is 0 Å². The average molecular weight is 256 g/mol. The van der Waals surface area contributed by atoms with Crippen molar-refractivity contribution in [1.29, 1.82) is 0 Å². The van der Waals surface area contributed by atoms with Crippen LogP contribution in [-0.2, 0) is 11.3 Å². The lowest BCUT2D eigenvalue weighted by Crippen LogP contribution is -2.17. The fourth-order valence-electron chi connectivity index (χ4n) is 1.70. The summed E-state index contributed by atoms with van der Waals surface area (Å²) in [6.45, 7) is 3.88. The molecule has 0 aliphatic rings. The molecule has 6 heteroatoms. The van der Waals surface area contributed by atoms with Gasteiger partial charge in [-0.05, 0) is 19.4 Å². The molecule has 2 aromatic heterocycles. The van der Waals surface area contributed by atoms with E-state index in [-0.39, 0.29) is 5.69 Å². The highest BCUT2D eigenvalue weighted by Gasteiger charge is 2.07. The van der Waals surface area contributed by atoms with Crippen LogP contribution in [0, 0.1) is 0 Å². The number of H-pyrrole nitrogens is 1. The Labute approximate surface area is 103 Å². The molecule has 0 spiro atoms. The van der Waals surface area contributed by atoms with Crippen molar-refractivity contribution in [2.75, 3.05) is 13.2 Å². The van der Waals surface area contributed by atoms with E-state index in [1.54, 1.807) is 10.6 Å². The van der Waals surface area contributed by atoms with Gasteiger partial charge in [-0.25, -0.2) is 9.78 Å². The lowest BCUT2D eigenvalue weighted by Gasteiger charge is -2.03. The van der Waals surface area contributed by atoms with Crippen LogP contribution in [0.5, 0.6) is 0 Å². The molecule has 0 aliphatic heterocycles. The first kappa shape index (κ1) is 12.1. The van der Waals surface area contributed by atoms with Crippen molar-refractivity contribution >= 4 is 22.8 Å². The Balaban J connectivity index is 2.23. The van der Waals surface area contributed by atoms with E-state index in [2.05, 4.69) is 9.97 Å². The van der Waals surface area contributed by atoms with Crippen LogP contribution in [0.4, 0.5) is 0 Å². The lowest BCUT2D eigenvalue weighted by molar-refractivity contribution is 0.141. The number of fused-ring (bicyclic) bond motifs is 1. The smallest absolute Gasteiger partial charge is 0.327 e. The molecule has 5 nitrogen and oxygen atoms in total. The van der Waals surface area contributed by atoms with Gasteiger partial charge in [-0.2, -0.15) is 0 Å². The molecule has 0 saturated heterocycles. The van der Waals surface area contributed by atoms with E-state index in [0.29, 0.717) is 30.4 Å². The van der Waals surface area contributed by atoms with E-state index < -0.39 is 0 Å². The standard InChI is InChI=1S/C11H14ClN3O2/c1-2-17-5-3-4-15-9-6-8(12)7-13-10(9)14-11(15)16/h6-7H,2-5H2,1H3,(H,13,14,16). The predicted molar refractivity (Wildman–Crippen MR) is 66.5 cm³/mol. The number of aromatic amines is 1. The number of hydrogen-bond donors (Lipinski definition) is 1. The molecule has 0 radical (unpaired) electrons. The topological polar surface area (TPSA) is 59.9 Å². The van der Waals surface area contributed by atoms with Gasteiger partial charge in [0.05, 0.1) is 10.5 Å². The molecule has 0 atom stereocenters. The Hall–Kier alpha value is -1.33. The van der Waals surface area contributed by atoms with Crippen molar-refractivity contribution in [3.63, 3.8) is 0 Å². The summed E-state index contributed by atoms with van der Waals surface area (Å²) >= 11 is 5.87. The van der Waals surface area contributed by atoms with Crippen LogP contribution >= 0.6 is 11.6 Å². The number of halogens is 1. The normalized spacial score (nSPS) is 11.2. The van der Waals surface area contributed by atoms with E-state index >= 15 is 0 Å². The summed E-state index contributed by atoms with van der Waals surface area (Å²) in [5.74, 6) is 0. The summed E-state index contributed by atoms with van der Waals surface area (Å²) in [4.78, 5) is 18.5. The van der Waals surface area contributed by atoms with Gasteiger partial charge in [-0.1, -0.05) is 11.6 Å². The van der Waals surface area contributed by atoms with Gasteiger partial charge in [0.25, 0.3) is 0 Å². The van der Waals surface area contributed by atoms with Crippen molar-refractivity contribution in [3.8, 4) is 0 Å². The van der Waals surface area contributed by atoms with Gasteiger partial charge in [0.2, 0.25) is 0 Å².